The molecule has 0 aromatic carbocycles. The second-order valence-corrected chi connectivity index (χ2v) is 9.09. The monoisotopic (exact) mass is 445 g/mol. The van der Waals surface area contributed by atoms with E-state index in [0.717, 1.165) is 27.9 Å². The third-order valence-electron chi connectivity index (χ3n) is 5.09. The molecule has 0 N–H and O–H groups in total. The maximum atomic E-state index is 13.6. The molecule has 31 heavy (non-hydrogen) atoms. The number of imidazole rings is 1. The molecule has 0 bridgehead atoms. The van der Waals surface area contributed by atoms with Crippen LogP contribution in [0.15, 0.2) is 77.2 Å². The largest absolute Gasteiger partial charge is 0.290 e. The highest BCUT2D eigenvalue weighted by atomic mass is 32.2. The van der Waals surface area contributed by atoms with E-state index in [2.05, 4.69) is 31.6 Å². The topological polar surface area (TPSA) is 82.9 Å². The molecule has 1 atom stereocenters. The van der Waals surface area contributed by atoms with E-state index in [4.69, 9.17) is 0 Å². The van der Waals surface area contributed by atoms with Crippen LogP contribution in [-0.4, -0.2) is 37.5 Å². The van der Waals surface area contributed by atoms with Gasteiger partial charge in [0.05, 0.1) is 18.6 Å². The van der Waals surface area contributed by atoms with Gasteiger partial charge in [-0.15, -0.1) is 0 Å². The Kier molecular flexibility index (Phi) is 4.08. The summed E-state index contributed by atoms with van der Waals surface area (Å²) in [6, 6.07) is 7.94. The average molecular weight is 446 g/mol. The van der Waals surface area contributed by atoms with Crippen molar-refractivity contribution in [1.29, 1.82) is 0 Å². The van der Waals surface area contributed by atoms with E-state index in [-0.39, 0.29) is 0 Å². The predicted molar refractivity (Wildman–Crippen MR) is 120 cm³/mol. The summed E-state index contributed by atoms with van der Waals surface area (Å²) in [5.41, 5.74) is 6.07. The van der Waals surface area contributed by atoms with Gasteiger partial charge >= 0.3 is 0 Å². The Balaban J connectivity index is 1.47. The smallest absolute Gasteiger partial charge is 0.193 e. The highest BCUT2D eigenvalue weighted by Crippen LogP contribution is 2.26. The molecule has 0 saturated carbocycles. The summed E-state index contributed by atoms with van der Waals surface area (Å²) >= 11 is 1.64. The summed E-state index contributed by atoms with van der Waals surface area (Å²) in [6.07, 6.45) is 10.7. The molecule has 0 aliphatic rings. The van der Waals surface area contributed by atoms with Gasteiger partial charge in [0.1, 0.15) is 16.7 Å². The van der Waals surface area contributed by atoms with E-state index >= 15 is 0 Å². The first kappa shape index (κ1) is 18.2. The Morgan fingerprint density at radius 3 is 2.65 bits per heavy atom. The number of fused-ring (bicyclic) bond motifs is 2. The molecule has 0 saturated heterocycles. The van der Waals surface area contributed by atoms with Gasteiger partial charge in [-0.1, -0.05) is 0 Å². The van der Waals surface area contributed by atoms with Crippen molar-refractivity contribution in [2.24, 2.45) is 7.05 Å². The molecule has 6 aromatic rings. The zero-order valence-electron chi connectivity index (χ0n) is 16.3. The van der Waals surface area contributed by atoms with Crippen LogP contribution in [0.1, 0.15) is 0 Å². The lowest BCUT2D eigenvalue weighted by Crippen LogP contribution is -2.09. The van der Waals surface area contributed by atoms with E-state index in [9.17, 15) is 4.21 Å². The summed E-state index contributed by atoms with van der Waals surface area (Å²) < 4.78 is 18.6. The van der Waals surface area contributed by atoms with E-state index in [1.807, 2.05) is 47.4 Å². The van der Waals surface area contributed by atoms with Gasteiger partial charge in [-0.3, -0.25) is 14.1 Å². The molecule has 10 heteroatoms. The van der Waals surface area contributed by atoms with E-state index in [1.165, 1.54) is 4.09 Å². The van der Waals surface area contributed by atoms with Crippen molar-refractivity contribution in [3.8, 4) is 22.3 Å². The van der Waals surface area contributed by atoms with Crippen molar-refractivity contribution in [1.82, 2.24) is 33.3 Å². The lowest BCUT2D eigenvalue weighted by molar-refractivity contribution is 0.669. The highest BCUT2D eigenvalue weighted by Gasteiger charge is 2.18. The molecule has 8 nitrogen and oxygen atoms in total. The first-order chi connectivity index (χ1) is 15.2. The zero-order valence-corrected chi connectivity index (χ0v) is 17.9. The predicted octanol–water partition coefficient (Wildman–Crippen LogP) is 3.78. The highest BCUT2D eigenvalue weighted by molar-refractivity contribution is 7.83. The number of nitrogens with zero attached hydrogens (tertiary/aromatic N) is 7. The molecule has 0 radical (unpaired) electrons. The van der Waals surface area contributed by atoms with Gasteiger partial charge in [-0.25, -0.2) is 9.19 Å². The Labute approximate surface area is 183 Å². The Bertz CT molecular complexity index is 1580. The number of rotatable bonds is 4. The molecule has 0 aliphatic heterocycles. The molecule has 0 fully saturated rings. The molecule has 0 amide bonds. The van der Waals surface area contributed by atoms with Crippen molar-refractivity contribution in [3.63, 3.8) is 0 Å². The van der Waals surface area contributed by atoms with Gasteiger partial charge in [0.2, 0.25) is 0 Å². The first-order valence-electron chi connectivity index (χ1n) is 9.42. The second kappa shape index (κ2) is 6.96. The quantitative estimate of drug-likeness (QED) is 0.412. The molecule has 0 spiro atoms. The van der Waals surface area contributed by atoms with E-state index in [0.29, 0.717) is 16.1 Å². The van der Waals surface area contributed by atoms with Gasteiger partial charge in [0.25, 0.3) is 0 Å². The Morgan fingerprint density at radius 1 is 0.903 bits per heavy atom. The van der Waals surface area contributed by atoms with Crippen molar-refractivity contribution < 1.29 is 4.21 Å². The number of pyridine rings is 2. The fourth-order valence-corrected chi connectivity index (χ4v) is 5.28. The number of thiophene rings is 1. The molecule has 0 aliphatic carbocycles. The fourth-order valence-electron chi connectivity index (χ4n) is 3.52. The van der Waals surface area contributed by atoms with Gasteiger partial charge in [0, 0.05) is 36.8 Å². The number of hydrogen-bond acceptors (Lipinski definition) is 6. The zero-order chi connectivity index (χ0) is 20.9. The molecular weight excluding hydrogens is 430 g/mol. The van der Waals surface area contributed by atoms with Crippen LogP contribution in [0.2, 0.25) is 0 Å². The lowest BCUT2D eigenvalue weighted by Gasteiger charge is -2.06. The van der Waals surface area contributed by atoms with Crippen LogP contribution in [-0.2, 0) is 18.0 Å². The standard InChI is InChI=1S/C21H15N7OS2/c1-26-11-17(8-24-26)16-6-19-18(22-7-16)9-25-28(19)31(29)21-10-23-20-3-2-14(12-27(20)21)15-4-5-30-13-15/h2-13H,1H3. The SMILES string of the molecule is Cn1cc(-c2cnc3cnn(S(=O)c4cnc5ccc(-c6ccsc6)cn45)c3c2)cn1. The molecule has 152 valence electrons. The third kappa shape index (κ3) is 2.99. The molecule has 6 rings (SSSR count). The molecule has 6 aromatic heterocycles. The maximum Gasteiger partial charge on any atom is 0.193 e. The van der Waals surface area contributed by atoms with Gasteiger partial charge in [0.15, 0.2) is 16.0 Å². The minimum Gasteiger partial charge on any atom is -0.290 e. The van der Waals surface area contributed by atoms with Crippen LogP contribution in [0.3, 0.4) is 0 Å². The molecule has 6 heterocycles. The summed E-state index contributed by atoms with van der Waals surface area (Å²) in [7, 11) is 0.265. The van der Waals surface area contributed by atoms with Crippen molar-refractivity contribution in [2.45, 2.75) is 5.03 Å². The summed E-state index contributed by atoms with van der Waals surface area (Å²) in [4.78, 5) is 8.91. The number of hydrogen-bond donors (Lipinski definition) is 0. The molecule has 1 unspecified atom stereocenters. The van der Waals surface area contributed by atoms with E-state index < -0.39 is 11.0 Å². The van der Waals surface area contributed by atoms with E-state index in [1.54, 1.807) is 40.8 Å². The Morgan fingerprint density at radius 2 is 1.84 bits per heavy atom. The number of aromatic nitrogens is 7. The fraction of sp³-hybridized carbons (Fsp3) is 0.0476. The lowest BCUT2D eigenvalue weighted by atomic mass is 10.1. The maximum absolute atomic E-state index is 13.6. The molecular formula is C21H15N7OS2. The first-order valence-corrected chi connectivity index (χ1v) is 11.5. The Hall–Kier alpha value is -3.63. The third-order valence-corrected chi connectivity index (χ3v) is 7.04. The second-order valence-electron chi connectivity index (χ2n) is 7.05. The minimum absolute atomic E-state index is 0.545. The number of aryl methyl sites for hydroxylation is 1. The van der Waals surface area contributed by atoms with Crippen molar-refractivity contribution >= 4 is 39.0 Å². The summed E-state index contributed by atoms with van der Waals surface area (Å²) in [5, 5.41) is 13.2. The summed E-state index contributed by atoms with van der Waals surface area (Å²) in [5.74, 6) is 0. The minimum atomic E-state index is -1.60. The van der Waals surface area contributed by atoms with Crippen LogP contribution >= 0.6 is 11.3 Å². The van der Waals surface area contributed by atoms with Crippen molar-refractivity contribution in [2.75, 3.05) is 0 Å². The average Bonchev–Trinajstić information content (AvgIpc) is 3.58. The van der Waals surface area contributed by atoms with Crippen LogP contribution in [0.5, 0.6) is 0 Å². The summed E-state index contributed by atoms with van der Waals surface area (Å²) in [6.45, 7) is 0. The van der Waals surface area contributed by atoms with Crippen LogP contribution in [0.25, 0.3) is 38.9 Å². The van der Waals surface area contributed by atoms with Crippen molar-refractivity contribution in [3.05, 3.63) is 72.2 Å². The van der Waals surface area contributed by atoms with Crippen LogP contribution in [0.4, 0.5) is 0 Å². The van der Waals surface area contributed by atoms with Crippen LogP contribution < -0.4 is 0 Å². The normalized spacial score (nSPS) is 12.7. The van der Waals surface area contributed by atoms with Gasteiger partial charge in [-0.2, -0.15) is 25.6 Å². The van der Waals surface area contributed by atoms with Crippen LogP contribution in [0, 0.1) is 0 Å². The van der Waals surface area contributed by atoms with Gasteiger partial charge in [-0.05, 0) is 46.2 Å². The van der Waals surface area contributed by atoms with Gasteiger partial charge < -0.3 is 0 Å².